The van der Waals surface area contributed by atoms with Crippen LogP contribution in [0, 0.1) is 233 Å². The third-order valence-corrected chi connectivity index (χ3v) is 31.5. The Morgan fingerprint density at radius 1 is 0.163 bits per heavy atom. The molecule has 6 aromatic heterocycles. The molecule has 6 heterocycles. The minimum absolute atomic E-state index is 0.0174. The van der Waals surface area contributed by atoms with Gasteiger partial charge in [-0.3, -0.25) is 0 Å². The van der Waals surface area contributed by atoms with Gasteiger partial charge in [-0.2, -0.15) is 0 Å². The predicted molar refractivity (Wildman–Crippen MR) is 373 cm³/mol. The zero-order chi connectivity index (χ0) is 90.7. The van der Waals surface area contributed by atoms with E-state index >= 15 is 70.2 Å². The van der Waals surface area contributed by atoms with Crippen LogP contribution in [-0.4, -0.2) is 12.3 Å². The van der Waals surface area contributed by atoms with Crippen molar-refractivity contribution in [1.82, 2.24) is 0 Å². The van der Waals surface area contributed by atoms with Crippen LogP contribution in [0.3, 0.4) is 0 Å². The second kappa shape index (κ2) is 35.0. The van der Waals surface area contributed by atoms with Crippen LogP contribution < -0.4 is 43.7 Å². The fraction of sp³-hybridized carbons (Fsp3) is 0. The Morgan fingerprint density at radius 2 is 0.293 bits per heavy atom. The SMILES string of the molecule is Fc1c(F)c(F)c([B-](c2c(F)c(F)c(F)c(F)c2F)(c2c(F)c(F)c(F)c(F)c2F)c2c(F)c(F)c(F)c(F)c2F)c(F)c1F.Fc1c(F)c(F)c([B-](c2c(F)c(F)c(F)c(F)c2F)(c2c(F)c(F)c(F)c(F)c2F)c2c(F)c(F)c(F)c(F)c2F)c(F)c1F.c1csc([S+](c2cccs2)c2ccc(Sc3ccc([S+](c4cccs4)c4cccs4)s3)s2)c1. The van der Waals surface area contributed by atoms with Crippen molar-refractivity contribution in [3.63, 3.8) is 0 Å². The summed E-state index contributed by atoms with van der Waals surface area (Å²) < 4.78 is 599. The Morgan fingerprint density at radius 3 is 0.415 bits per heavy atom. The van der Waals surface area contributed by atoms with Gasteiger partial charge >= 0.3 is 0 Å². The summed E-state index contributed by atoms with van der Waals surface area (Å²) >= 11 is 13.3. The molecule has 0 amide bonds. The van der Waals surface area contributed by atoms with Crippen LogP contribution in [0.15, 0.2) is 128 Å². The number of benzene rings is 8. The van der Waals surface area contributed by atoms with Crippen molar-refractivity contribution < 1.29 is 176 Å². The lowest BCUT2D eigenvalue weighted by Crippen LogP contribution is -2.81. The zero-order valence-corrected chi connectivity index (χ0v) is 64.5. The van der Waals surface area contributed by atoms with Gasteiger partial charge in [0.2, 0.25) is 25.3 Å². The van der Waals surface area contributed by atoms with E-state index in [-0.39, 0.29) is 21.8 Å². The molecule has 14 rings (SSSR count). The summed E-state index contributed by atoms with van der Waals surface area (Å²) in [6.45, 7) is 0. The van der Waals surface area contributed by atoms with Gasteiger partial charge in [-0.15, -0.1) is 43.7 Å². The maximum Gasteiger partial charge on any atom is 0.223 e. The molecule has 0 fully saturated rings. The van der Waals surface area contributed by atoms with Crippen LogP contribution >= 0.6 is 79.8 Å². The summed E-state index contributed by atoms with van der Waals surface area (Å²) in [4.78, 5) is 0. The molecule has 0 aliphatic heterocycles. The van der Waals surface area contributed by atoms with E-state index in [4.69, 9.17) is 0 Å². The van der Waals surface area contributed by atoms with E-state index < -0.39 is 289 Å². The molecule has 0 saturated carbocycles. The summed E-state index contributed by atoms with van der Waals surface area (Å²) in [7, 11) is 0.0348. The summed E-state index contributed by atoms with van der Waals surface area (Å²) in [5.74, 6) is -143. The lowest BCUT2D eigenvalue weighted by molar-refractivity contribution is 0.377. The molecule has 0 aliphatic rings. The molecule has 0 aliphatic carbocycles. The molecule has 644 valence electrons. The van der Waals surface area contributed by atoms with Crippen molar-refractivity contribution in [1.29, 1.82) is 0 Å². The second-order valence-electron chi connectivity index (χ2n) is 24.2. The molecule has 8 aromatic carbocycles. The summed E-state index contributed by atoms with van der Waals surface area (Å²) in [5, 5.41) is 8.77. The second-order valence-corrected chi connectivity index (χ2v) is 37.2. The zero-order valence-electron chi connectivity index (χ0n) is 57.2. The van der Waals surface area contributed by atoms with E-state index in [9.17, 15) is 105 Å². The average molecular weight is 1950 g/mol. The molecule has 0 saturated heterocycles. The van der Waals surface area contributed by atoms with Gasteiger partial charge in [0.1, 0.15) is 127 Å². The summed E-state index contributed by atoms with van der Waals surface area (Å²) in [6.07, 6.45) is -14.4. The van der Waals surface area contributed by atoms with Crippen molar-refractivity contribution in [3.05, 3.63) is 327 Å². The average Bonchev–Trinajstić information content (AvgIpc) is 1.06. The van der Waals surface area contributed by atoms with Crippen LogP contribution in [0.4, 0.5) is 176 Å². The first-order chi connectivity index (χ1) is 57.8. The van der Waals surface area contributed by atoms with Gasteiger partial charge in [0.15, 0.2) is 140 Å². The number of rotatable bonds is 16. The molecular weight excluding hydrogens is 1930 g/mol. The monoisotopic (exact) mass is 1950 g/mol. The highest BCUT2D eigenvalue weighted by Gasteiger charge is 2.55. The first-order valence-corrected chi connectivity index (χ1v) is 40.1. The van der Waals surface area contributed by atoms with Gasteiger partial charge in [0.05, 0.1) is 8.42 Å². The third kappa shape index (κ3) is 14.8. The molecule has 123 heavy (non-hydrogen) atoms. The highest BCUT2D eigenvalue weighted by atomic mass is 32.3. The Labute approximate surface area is 689 Å². The van der Waals surface area contributed by atoms with Crippen molar-refractivity contribution in [2.45, 2.75) is 33.7 Å². The maximum atomic E-state index is 15.4. The van der Waals surface area contributed by atoms with Gasteiger partial charge in [0.25, 0.3) is 0 Å². The number of halogens is 40. The molecule has 51 heteroatoms. The van der Waals surface area contributed by atoms with Gasteiger partial charge < -0.3 is 0 Å². The van der Waals surface area contributed by atoms with E-state index in [1.165, 1.54) is 33.7 Å². The lowest BCUT2D eigenvalue weighted by atomic mass is 9.12. The summed E-state index contributed by atoms with van der Waals surface area (Å²) in [6, 6.07) is 27.1. The van der Waals surface area contributed by atoms with E-state index in [1.807, 2.05) is 79.8 Å². The van der Waals surface area contributed by atoms with Gasteiger partial charge in [-0.1, -0.05) is 79.8 Å². The van der Waals surface area contributed by atoms with E-state index in [0.29, 0.717) is 0 Å². The Balaban J connectivity index is 0.000000170. The van der Waals surface area contributed by atoms with Crippen molar-refractivity contribution in [2.24, 2.45) is 0 Å². The lowest BCUT2D eigenvalue weighted by Gasteiger charge is -2.44. The van der Waals surface area contributed by atoms with E-state index in [1.54, 1.807) is 0 Å². The smallest absolute Gasteiger partial charge is 0.207 e. The largest absolute Gasteiger partial charge is 0.223 e. The van der Waals surface area contributed by atoms with Crippen molar-refractivity contribution >= 4 is 158 Å². The van der Waals surface area contributed by atoms with E-state index in [0.717, 1.165) is 0 Å². The first-order valence-electron chi connectivity index (χ1n) is 31.7. The topological polar surface area (TPSA) is 0 Å². The molecule has 0 atom stereocenters. The van der Waals surface area contributed by atoms with Gasteiger partial charge in [-0.25, -0.2) is 176 Å². The van der Waals surface area contributed by atoms with Gasteiger partial charge in [0, 0.05) is 36.4 Å². The van der Waals surface area contributed by atoms with Crippen LogP contribution in [0.5, 0.6) is 0 Å². The third-order valence-electron chi connectivity index (χ3n) is 17.9. The number of thiophene rings is 6. The molecule has 0 N–H and O–H groups in total. The molecular formula is C72H16B2F40S9. The fourth-order valence-corrected chi connectivity index (χ4v) is 28.0. The molecule has 0 radical (unpaired) electrons. The Hall–Kier alpha value is -9.66. The fourth-order valence-electron chi connectivity index (χ4n) is 12.9. The molecule has 0 bridgehead atoms. The maximum absolute atomic E-state index is 15.4. The normalized spacial score (nSPS) is 11.9. The minimum Gasteiger partial charge on any atom is -0.207 e. The van der Waals surface area contributed by atoms with Crippen molar-refractivity contribution in [2.75, 3.05) is 0 Å². The number of hydrogen-bond acceptors (Lipinski definition) is 7. The minimum atomic E-state index is -7.22. The molecule has 0 nitrogen and oxygen atoms in total. The molecule has 0 spiro atoms. The number of hydrogen-bond donors (Lipinski definition) is 0. The standard InChI is InChI=1S/2C24BF20.C24H16S9/c2*26-5-1(6(27)14(35)21(42)13(5)34)25(2-7(28)15(36)22(43)16(37)8(2)29,3-9(30)17(38)23(44)18(39)10(3)31)4-11(32)19(40)24(45)20(41)12(4)33;1-5-19(25-13-1)32(20-6-2-14-26-20)23-11-9-17(30-23)29-18-10-12-24(31-18)33(21-7-3-15-27-21)22-8-4-16-28-22/h;;1-16H/q2*-1;+2. The van der Waals surface area contributed by atoms with Gasteiger partial charge in [-0.05, 0) is 57.9 Å². The van der Waals surface area contributed by atoms with Crippen LogP contribution in [0.1, 0.15) is 0 Å². The quantitative estimate of drug-likeness (QED) is 0.0305. The highest BCUT2D eigenvalue weighted by Crippen LogP contribution is 2.48. The van der Waals surface area contributed by atoms with E-state index in [2.05, 4.69) is 94.3 Å². The first kappa shape index (κ1) is 92.5. The predicted octanol–water partition coefficient (Wildman–Crippen LogP) is 22.1. The van der Waals surface area contributed by atoms with Crippen LogP contribution in [-0.2, 0) is 21.8 Å². The molecule has 14 aromatic rings. The van der Waals surface area contributed by atoms with Crippen LogP contribution in [0.25, 0.3) is 0 Å². The Kier molecular flexibility index (Phi) is 26.4. The van der Waals surface area contributed by atoms with Crippen molar-refractivity contribution in [3.8, 4) is 0 Å². The Bertz CT molecular complexity index is 5330. The molecule has 0 unspecified atom stereocenters. The van der Waals surface area contributed by atoms with Crippen LogP contribution in [0.2, 0.25) is 0 Å². The summed E-state index contributed by atoms with van der Waals surface area (Å²) in [5.41, 5.74) is -28.7. The highest BCUT2D eigenvalue weighted by molar-refractivity contribution is 8.06.